The van der Waals surface area contributed by atoms with Crippen LogP contribution in [0.25, 0.3) is 5.57 Å². The lowest BCUT2D eigenvalue weighted by atomic mass is 9.99. The van der Waals surface area contributed by atoms with Crippen LogP contribution in [0.2, 0.25) is 0 Å². The number of benzene rings is 1. The predicted octanol–water partition coefficient (Wildman–Crippen LogP) is 3.69. The van der Waals surface area contributed by atoms with Crippen LogP contribution in [0.5, 0.6) is 5.75 Å². The average Bonchev–Trinajstić information content (AvgIpc) is 2.42. The van der Waals surface area contributed by atoms with Crippen molar-refractivity contribution in [2.45, 2.75) is 32.8 Å². The van der Waals surface area contributed by atoms with Gasteiger partial charge in [0.05, 0.1) is 0 Å². The van der Waals surface area contributed by atoms with Crippen LogP contribution < -0.4 is 0 Å². The van der Waals surface area contributed by atoms with E-state index in [-0.39, 0.29) is 0 Å². The second-order valence-corrected chi connectivity index (χ2v) is 6.19. The van der Waals surface area contributed by atoms with E-state index in [0.717, 1.165) is 17.7 Å². The van der Waals surface area contributed by atoms with Gasteiger partial charge in [-0.25, -0.2) is 13.6 Å². The third-order valence-electron chi connectivity index (χ3n) is 3.25. The van der Waals surface area contributed by atoms with Gasteiger partial charge in [0.1, 0.15) is 5.60 Å². The number of amides is 1. The van der Waals surface area contributed by atoms with Crippen molar-refractivity contribution in [2.24, 2.45) is 0 Å². The van der Waals surface area contributed by atoms with Gasteiger partial charge in [-0.1, -0.05) is 6.08 Å². The van der Waals surface area contributed by atoms with Gasteiger partial charge in [-0.15, -0.1) is 0 Å². The number of halogens is 2. The molecule has 0 atom stereocenters. The predicted molar refractivity (Wildman–Crippen MR) is 78.4 cm³/mol. The Labute approximate surface area is 128 Å². The molecule has 1 aromatic carbocycles. The highest BCUT2D eigenvalue weighted by atomic mass is 19.1. The third kappa shape index (κ3) is 3.75. The molecule has 2 rings (SSSR count). The summed E-state index contributed by atoms with van der Waals surface area (Å²) in [6.07, 6.45) is 1.78. The minimum Gasteiger partial charge on any atom is -0.503 e. The molecule has 0 saturated heterocycles. The fraction of sp³-hybridized carbons (Fsp3) is 0.438. The lowest BCUT2D eigenvalue weighted by Gasteiger charge is -2.29. The van der Waals surface area contributed by atoms with Crippen LogP contribution in [0.4, 0.5) is 13.6 Å². The fourth-order valence-electron chi connectivity index (χ4n) is 2.17. The molecule has 1 aromatic rings. The second-order valence-electron chi connectivity index (χ2n) is 6.19. The summed E-state index contributed by atoms with van der Waals surface area (Å²) < 4.78 is 32.0. The average molecular weight is 311 g/mol. The van der Waals surface area contributed by atoms with Crippen molar-refractivity contribution in [3.8, 4) is 5.75 Å². The van der Waals surface area contributed by atoms with Crippen LogP contribution >= 0.6 is 0 Å². The Balaban J connectivity index is 2.10. The lowest BCUT2D eigenvalue weighted by Crippen LogP contribution is -2.39. The van der Waals surface area contributed by atoms with Crippen LogP contribution in [0.3, 0.4) is 0 Å². The smallest absolute Gasteiger partial charge is 0.410 e. The molecule has 0 bridgehead atoms. The summed E-state index contributed by atoms with van der Waals surface area (Å²) in [7, 11) is 0. The van der Waals surface area contributed by atoms with Crippen molar-refractivity contribution < 1.29 is 23.4 Å². The van der Waals surface area contributed by atoms with Crippen molar-refractivity contribution in [3.05, 3.63) is 35.4 Å². The normalized spacial score (nSPS) is 15.5. The summed E-state index contributed by atoms with van der Waals surface area (Å²) in [5.74, 6) is -2.97. The largest absolute Gasteiger partial charge is 0.503 e. The number of phenolic OH excluding ortho intramolecular Hbond substituents is 1. The number of carbonyl (C=O) groups excluding carboxylic acids is 1. The quantitative estimate of drug-likeness (QED) is 0.860. The third-order valence-corrected chi connectivity index (χ3v) is 3.25. The molecule has 1 amide bonds. The molecule has 0 spiro atoms. The van der Waals surface area contributed by atoms with E-state index in [1.54, 1.807) is 26.8 Å². The van der Waals surface area contributed by atoms with Gasteiger partial charge in [-0.3, -0.25) is 0 Å². The molecule has 22 heavy (non-hydrogen) atoms. The van der Waals surface area contributed by atoms with E-state index < -0.39 is 29.1 Å². The van der Waals surface area contributed by atoms with Crippen LogP contribution in [0, 0.1) is 11.6 Å². The molecule has 120 valence electrons. The number of phenols is 1. The number of nitrogens with zero attached hydrogens (tertiary/aromatic N) is 1. The lowest BCUT2D eigenvalue weighted by molar-refractivity contribution is 0.0270. The highest BCUT2D eigenvalue weighted by molar-refractivity contribution is 5.73. The first-order valence-electron chi connectivity index (χ1n) is 7.03. The molecule has 1 heterocycles. The first-order chi connectivity index (χ1) is 10.2. The van der Waals surface area contributed by atoms with Gasteiger partial charge in [0.25, 0.3) is 0 Å². The Bertz CT molecular complexity index is 597. The topological polar surface area (TPSA) is 49.8 Å². The van der Waals surface area contributed by atoms with Crippen LogP contribution in [0.1, 0.15) is 32.8 Å². The fourth-order valence-corrected chi connectivity index (χ4v) is 2.17. The molecule has 0 unspecified atom stereocenters. The van der Waals surface area contributed by atoms with Gasteiger partial charge in [-0.2, -0.15) is 0 Å². The molecule has 1 aliphatic heterocycles. The first kappa shape index (κ1) is 16.3. The van der Waals surface area contributed by atoms with Crippen molar-refractivity contribution in [3.63, 3.8) is 0 Å². The maximum atomic E-state index is 13.4. The standard InChI is InChI=1S/C16H19F2NO3/c1-16(2,3)22-15(21)19-6-4-10(5-7-19)11-8-12(17)14(20)13(18)9-11/h4,8-9,20H,5-7H2,1-3H3. The molecular weight excluding hydrogens is 292 g/mol. The molecule has 0 aromatic heterocycles. The molecule has 0 saturated carbocycles. The highest BCUT2D eigenvalue weighted by Gasteiger charge is 2.24. The zero-order valence-electron chi connectivity index (χ0n) is 12.8. The summed E-state index contributed by atoms with van der Waals surface area (Å²) in [6, 6.07) is 2.18. The number of ether oxygens (including phenoxy) is 1. The van der Waals surface area contributed by atoms with Gasteiger partial charge in [0.15, 0.2) is 17.4 Å². The van der Waals surface area contributed by atoms with E-state index in [4.69, 9.17) is 9.84 Å². The molecule has 4 nitrogen and oxygen atoms in total. The second kappa shape index (κ2) is 5.94. The van der Waals surface area contributed by atoms with Gasteiger partial charge in [0.2, 0.25) is 0 Å². The molecule has 1 aliphatic rings. The van der Waals surface area contributed by atoms with Crippen molar-refractivity contribution in [1.29, 1.82) is 0 Å². The highest BCUT2D eigenvalue weighted by Crippen LogP contribution is 2.29. The Morgan fingerprint density at radius 2 is 1.86 bits per heavy atom. The van der Waals surface area contributed by atoms with Crippen LogP contribution in [-0.2, 0) is 4.74 Å². The Morgan fingerprint density at radius 3 is 2.32 bits per heavy atom. The number of rotatable bonds is 1. The summed E-state index contributed by atoms with van der Waals surface area (Å²) in [5.41, 5.74) is 0.541. The van der Waals surface area contributed by atoms with Crippen molar-refractivity contribution in [1.82, 2.24) is 4.90 Å². The van der Waals surface area contributed by atoms with E-state index in [1.165, 1.54) is 4.90 Å². The van der Waals surface area contributed by atoms with Crippen molar-refractivity contribution >= 4 is 11.7 Å². The summed E-state index contributed by atoms with van der Waals surface area (Å²) in [6.45, 7) is 6.09. The van der Waals surface area contributed by atoms with E-state index in [2.05, 4.69) is 0 Å². The molecular formula is C16H19F2NO3. The SMILES string of the molecule is CC(C)(C)OC(=O)N1CC=C(c2cc(F)c(O)c(F)c2)CC1. The van der Waals surface area contributed by atoms with Crippen molar-refractivity contribution in [2.75, 3.05) is 13.1 Å². The zero-order valence-corrected chi connectivity index (χ0v) is 12.8. The summed E-state index contributed by atoms with van der Waals surface area (Å²) in [4.78, 5) is 13.5. The zero-order chi connectivity index (χ0) is 16.5. The van der Waals surface area contributed by atoms with Gasteiger partial charge in [-0.05, 0) is 50.5 Å². The number of aromatic hydroxyl groups is 1. The number of hydrogen-bond donors (Lipinski definition) is 1. The Morgan fingerprint density at radius 1 is 1.27 bits per heavy atom. The number of carbonyl (C=O) groups is 1. The van der Waals surface area contributed by atoms with Gasteiger partial charge in [0, 0.05) is 13.1 Å². The maximum Gasteiger partial charge on any atom is 0.410 e. The Kier molecular flexibility index (Phi) is 4.39. The van der Waals surface area contributed by atoms with Gasteiger partial charge < -0.3 is 14.7 Å². The molecule has 6 heteroatoms. The monoisotopic (exact) mass is 311 g/mol. The minimum absolute atomic E-state index is 0.314. The first-order valence-corrected chi connectivity index (χ1v) is 7.03. The van der Waals surface area contributed by atoms with E-state index in [1.807, 2.05) is 0 Å². The molecule has 1 N–H and O–H groups in total. The number of hydrogen-bond acceptors (Lipinski definition) is 3. The summed E-state index contributed by atoms with van der Waals surface area (Å²) in [5, 5.41) is 9.11. The van der Waals surface area contributed by atoms with E-state index >= 15 is 0 Å². The van der Waals surface area contributed by atoms with E-state index in [0.29, 0.717) is 25.1 Å². The summed E-state index contributed by atoms with van der Waals surface area (Å²) >= 11 is 0. The molecule has 0 radical (unpaired) electrons. The van der Waals surface area contributed by atoms with E-state index in [9.17, 15) is 13.6 Å². The van der Waals surface area contributed by atoms with Crippen LogP contribution in [0.15, 0.2) is 18.2 Å². The maximum absolute atomic E-state index is 13.4. The molecule has 0 fully saturated rings. The minimum atomic E-state index is -0.995. The Hall–Kier alpha value is -2.11. The molecule has 0 aliphatic carbocycles. The van der Waals surface area contributed by atoms with Crippen LogP contribution in [-0.4, -0.2) is 34.8 Å². The van der Waals surface area contributed by atoms with Gasteiger partial charge >= 0.3 is 6.09 Å².